The van der Waals surface area contributed by atoms with E-state index in [1.54, 1.807) is 12.1 Å². The Morgan fingerprint density at radius 3 is 2.38 bits per heavy atom. The van der Waals surface area contributed by atoms with Crippen LogP contribution in [0.5, 0.6) is 0 Å². The van der Waals surface area contributed by atoms with E-state index in [0.717, 1.165) is 22.7 Å². The van der Waals surface area contributed by atoms with Crippen molar-refractivity contribution in [1.82, 2.24) is 14.5 Å². The van der Waals surface area contributed by atoms with Crippen molar-refractivity contribution in [3.8, 4) is 0 Å². The van der Waals surface area contributed by atoms with Gasteiger partial charge in [-0.05, 0) is 42.7 Å². The lowest BCUT2D eigenvalue weighted by atomic mass is 10.1. The lowest BCUT2D eigenvalue weighted by Gasteiger charge is -2.26. The second-order valence-corrected chi connectivity index (χ2v) is 9.30. The van der Waals surface area contributed by atoms with Crippen molar-refractivity contribution in [2.45, 2.75) is 30.3 Å². The fraction of sp³-hybridized carbons (Fsp3) is 0.333. The zero-order valence-corrected chi connectivity index (χ0v) is 16.8. The van der Waals surface area contributed by atoms with E-state index in [-0.39, 0.29) is 35.8 Å². The summed E-state index contributed by atoms with van der Waals surface area (Å²) in [7, 11) is -3.76. The highest BCUT2D eigenvalue weighted by molar-refractivity contribution is 7.89. The molecule has 2 fully saturated rings. The standard InChI is InChI=1S/C21H23N3O4S/c25-20-15-23(13-12-22-20)29(27,28)19-10-6-17(7-11-19)21(26)24(18-8-9-18)14-16-4-2-1-3-5-16/h1-7,10-11,18H,8-9,12-15H2,(H,22,25). The van der Waals surface area contributed by atoms with Crippen molar-refractivity contribution in [3.05, 3.63) is 65.7 Å². The molecule has 0 aromatic heterocycles. The predicted molar refractivity (Wildman–Crippen MR) is 108 cm³/mol. The van der Waals surface area contributed by atoms with E-state index in [4.69, 9.17) is 0 Å². The average Bonchev–Trinajstić information content (AvgIpc) is 3.58. The number of hydrogen-bond donors (Lipinski definition) is 1. The first kappa shape index (κ1) is 19.6. The molecule has 2 aliphatic rings. The van der Waals surface area contributed by atoms with Gasteiger partial charge >= 0.3 is 0 Å². The summed E-state index contributed by atoms with van der Waals surface area (Å²) in [6.07, 6.45) is 1.98. The summed E-state index contributed by atoms with van der Waals surface area (Å²) in [5.41, 5.74) is 1.53. The molecule has 8 heteroatoms. The van der Waals surface area contributed by atoms with Crippen LogP contribution in [0.25, 0.3) is 0 Å². The first-order valence-corrected chi connectivity index (χ1v) is 11.1. The number of carbonyl (C=O) groups is 2. The summed E-state index contributed by atoms with van der Waals surface area (Å²) < 4.78 is 26.7. The number of hydrogen-bond acceptors (Lipinski definition) is 4. The van der Waals surface area contributed by atoms with Crippen molar-refractivity contribution in [1.29, 1.82) is 0 Å². The number of nitrogens with one attached hydrogen (secondary N) is 1. The Bertz CT molecular complexity index is 1000. The van der Waals surface area contributed by atoms with Crippen LogP contribution in [0.4, 0.5) is 0 Å². The molecule has 7 nitrogen and oxygen atoms in total. The fourth-order valence-corrected chi connectivity index (χ4v) is 4.83. The minimum atomic E-state index is -3.76. The van der Waals surface area contributed by atoms with Crippen molar-refractivity contribution < 1.29 is 18.0 Å². The van der Waals surface area contributed by atoms with Gasteiger partial charge in [-0.25, -0.2) is 8.42 Å². The van der Waals surface area contributed by atoms with Crippen molar-refractivity contribution in [3.63, 3.8) is 0 Å². The van der Waals surface area contributed by atoms with E-state index < -0.39 is 10.0 Å². The minimum absolute atomic E-state index is 0.0878. The number of amides is 2. The van der Waals surface area contributed by atoms with Gasteiger partial charge in [0.1, 0.15) is 0 Å². The molecule has 29 heavy (non-hydrogen) atoms. The summed E-state index contributed by atoms with van der Waals surface area (Å²) >= 11 is 0. The number of piperazine rings is 1. The van der Waals surface area contributed by atoms with Crippen LogP contribution in [0, 0.1) is 0 Å². The molecule has 1 aliphatic carbocycles. The zero-order valence-electron chi connectivity index (χ0n) is 16.0. The average molecular weight is 413 g/mol. The van der Waals surface area contributed by atoms with Gasteiger partial charge in [0.05, 0.1) is 11.4 Å². The van der Waals surface area contributed by atoms with E-state index in [1.807, 2.05) is 35.2 Å². The second-order valence-electron chi connectivity index (χ2n) is 7.36. The summed E-state index contributed by atoms with van der Waals surface area (Å²) in [5, 5.41) is 2.61. The molecule has 2 amide bonds. The van der Waals surface area contributed by atoms with E-state index in [0.29, 0.717) is 18.7 Å². The van der Waals surface area contributed by atoms with Crippen LogP contribution in [0.15, 0.2) is 59.5 Å². The third kappa shape index (κ3) is 4.33. The molecule has 2 aromatic carbocycles. The topological polar surface area (TPSA) is 86.8 Å². The summed E-state index contributed by atoms with van der Waals surface area (Å²) in [6, 6.07) is 16.1. The van der Waals surface area contributed by atoms with Gasteiger partial charge in [-0.2, -0.15) is 4.31 Å². The highest BCUT2D eigenvalue weighted by atomic mass is 32.2. The van der Waals surface area contributed by atoms with Gasteiger partial charge in [-0.1, -0.05) is 30.3 Å². The molecule has 1 saturated carbocycles. The largest absolute Gasteiger partial charge is 0.354 e. The van der Waals surface area contributed by atoms with Gasteiger partial charge in [-0.3, -0.25) is 9.59 Å². The van der Waals surface area contributed by atoms with Crippen molar-refractivity contribution in [2.24, 2.45) is 0 Å². The van der Waals surface area contributed by atoms with Crippen LogP contribution in [0.2, 0.25) is 0 Å². The third-order valence-electron chi connectivity index (χ3n) is 5.19. The van der Waals surface area contributed by atoms with E-state index in [9.17, 15) is 18.0 Å². The lowest BCUT2D eigenvalue weighted by Crippen LogP contribution is -2.49. The van der Waals surface area contributed by atoms with Gasteiger partial charge in [0.15, 0.2) is 0 Å². The van der Waals surface area contributed by atoms with Crippen LogP contribution in [0.3, 0.4) is 0 Å². The van der Waals surface area contributed by atoms with Gasteiger partial charge in [-0.15, -0.1) is 0 Å². The first-order valence-electron chi connectivity index (χ1n) is 9.67. The quantitative estimate of drug-likeness (QED) is 0.780. The maximum Gasteiger partial charge on any atom is 0.254 e. The molecule has 1 aliphatic heterocycles. The summed E-state index contributed by atoms with van der Waals surface area (Å²) in [5.74, 6) is -0.412. The number of benzene rings is 2. The van der Waals surface area contributed by atoms with Crippen LogP contribution < -0.4 is 5.32 Å². The zero-order chi connectivity index (χ0) is 20.4. The Labute approximate surface area is 170 Å². The lowest BCUT2D eigenvalue weighted by molar-refractivity contribution is -0.122. The molecule has 1 saturated heterocycles. The SMILES string of the molecule is O=C1CN(S(=O)(=O)c2ccc(C(=O)N(Cc3ccccc3)C3CC3)cc2)CCN1. The highest BCUT2D eigenvalue weighted by Crippen LogP contribution is 2.30. The number of nitrogens with zero attached hydrogens (tertiary/aromatic N) is 2. The number of rotatable bonds is 6. The normalized spacial score (nSPS) is 17.6. The molecule has 1 N–H and O–H groups in total. The highest BCUT2D eigenvalue weighted by Gasteiger charge is 2.33. The van der Waals surface area contributed by atoms with Crippen molar-refractivity contribution >= 4 is 21.8 Å². The Morgan fingerprint density at radius 2 is 1.76 bits per heavy atom. The molecule has 0 radical (unpaired) electrons. The summed E-state index contributed by atoms with van der Waals surface area (Å²) in [4.78, 5) is 26.5. The second kappa shape index (κ2) is 7.96. The number of carbonyl (C=O) groups excluding carboxylic acids is 2. The van der Waals surface area contributed by atoms with Gasteiger partial charge < -0.3 is 10.2 Å². The molecule has 152 valence electrons. The molecule has 0 bridgehead atoms. The Balaban J connectivity index is 1.52. The third-order valence-corrected chi connectivity index (χ3v) is 7.05. The van der Waals surface area contributed by atoms with Gasteiger partial charge in [0, 0.05) is 31.2 Å². The monoisotopic (exact) mass is 413 g/mol. The fourth-order valence-electron chi connectivity index (χ4n) is 3.44. The smallest absolute Gasteiger partial charge is 0.254 e. The van der Waals surface area contributed by atoms with Gasteiger partial charge in [0.25, 0.3) is 5.91 Å². The molecule has 0 spiro atoms. The number of sulfonamides is 1. The van der Waals surface area contributed by atoms with Crippen LogP contribution >= 0.6 is 0 Å². The van der Waals surface area contributed by atoms with E-state index >= 15 is 0 Å². The maximum absolute atomic E-state index is 13.0. The Hall–Kier alpha value is -2.71. The molecular formula is C21H23N3O4S. The van der Waals surface area contributed by atoms with Crippen LogP contribution in [-0.4, -0.2) is 55.1 Å². The van der Waals surface area contributed by atoms with E-state index in [2.05, 4.69) is 5.32 Å². The summed E-state index contributed by atoms with van der Waals surface area (Å²) in [6.45, 7) is 0.884. The molecule has 1 heterocycles. The Kier molecular flexibility index (Phi) is 5.38. The maximum atomic E-state index is 13.0. The molecular weight excluding hydrogens is 390 g/mol. The van der Waals surface area contributed by atoms with Crippen LogP contribution in [-0.2, 0) is 21.4 Å². The van der Waals surface area contributed by atoms with E-state index in [1.165, 1.54) is 12.1 Å². The molecule has 0 atom stereocenters. The van der Waals surface area contributed by atoms with Crippen LogP contribution in [0.1, 0.15) is 28.8 Å². The molecule has 2 aromatic rings. The van der Waals surface area contributed by atoms with Crippen molar-refractivity contribution in [2.75, 3.05) is 19.6 Å². The predicted octanol–water partition coefficient (Wildman–Crippen LogP) is 1.61. The van der Waals surface area contributed by atoms with Gasteiger partial charge in [0.2, 0.25) is 15.9 Å². The first-order chi connectivity index (χ1) is 13.9. The Morgan fingerprint density at radius 1 is 1.07 bits per heavy atom. The molecule has 0 unspecified atom stereocenters. The minimum Gasteiger partial charge on any atom is -0.354 e. The molecule has 4 rings (SSSR count).